The predicted molar refractivity (Wildman–Crippen MR) is 219 cm³/mol. The molecular weight excluding hydrogens is 673 g/mol. The van der Waals surface area contributed by atoms with Crippen molar-refractivity contribution in [2.75, 3.05) is 33.0 Å². The second-order valence-electron chi connectivity index (χ2n) is 13.5. The van der Waals surface area contributed by atoms with Crippen LogP contribution in [0.25, 0.3) is 0 Å². The van der Waals surface area contributed by atoms with Crippen LogP contribution in [0, 0.1) is 0 Å². The van der Waals surface area contributed by atoms with Crippen LogP contribution in [-0.2, 0) is 27.9 Å². The molecule has 0 radical (unpaired) electrons. The maximum absolute atomic E-state index is 12.6. The summed E-state index contributed by atoms with van der Waals surface area (Å²) in [4.78, 5) is 22.4. The normalized spacial score (nSPS) is 14.2. The first-order valence-corrected chi connectivity index (χ1v) is 22.3. The lowest BCUT2D eigenvalue weighted by molar-refractivity contribution is -0.154. The lowest BCUT2D eigenvalue weighted by Gasteiger charge is -2.20. The highest BCUT2D eigenvalue weighted by molar-refractivity contribution is 7.47. The molecule has 0 saturated carbocycles. The smallest absolute Gasteiger partial charge is 0.457 e. The van der Waals surface area contributed by atoms with Crippen molar-refractivity contribution in [3.63, 3.8) is 0 Å². The Morgan fingerprint density at radius 3 is 1.63 bits per heavy atom. The molecule has 0 saturated heterocycles. The maximum Gasteiger partial charge on any atom is 0.472 e. The Balaban J connectivity index is 4.12. The molecule has 0 rings (SSSR count). The molecule has 0 aromatic carbocycles. The quantitative estimate of drug-likeness (QED) is 0.0276. The number of ether oxygens (including phenoxy) is 2. The van der Waals surface area contributed by atoms with Crippen LogP contribution in [0.3, 0.4) is 0 Å². The fourth-order valence-corrected chi connectivity index (χ4v) is 6.16. The maximum atomic E-state index is 12.6. The monoisotopic (exact) mass is 752 g/mol. The summed E-state index contributed by atoms with van der Waals surface area (Å²) in [5.74, 6) is -0.349. The van der Waals surface area contributed by atoms with Gasteiger partial charge in [0.25, 0.3) is 0 Å². The molecule has 2 atom stereocenters. The Labute approximate surface area is 319 Å². The number of nitrogens with two attached hydrogens (primary N) is 1. The molecule has 0 aromatic rings. The van der Waals surface area contributed by atoms with Crippen LogP contribution in [0.5, 0.6) is 0 Å². The summed E-state index contributed by atoms with van der Waals surface area (Å²) in [6, 6.07) is 0. The third-order valence-electron chi connectivity index (χ3n) is 8.42. The van der Waals surface area contributed by atoms with Crippen molar-refractivity contribution >= 4 is 13.8 Å². The number of rotatable bonds is 39. The average molecular weight is 752 g/mol. The average Bonchev–Trinajstić information content (AvgIpc) is 3.13. The van der Waals surface area contributed by atoms with Gasteiger partial charge in [0.1, 0.15) is 6.10 Å². The molecule has 0 heterocycles. The van der Waals surface area contributed by atoms with Crippen LogP contribution in [0.1, 0.15) is 168 Å². The van der Waals surface area contributed by atoms with Crippen molar-refractivity contribution in [2.45, 2.75) is 174 Å². The summed E-state index contributed by atoms with van der Waals surface area (Å²) in [6.07, 6.45) is 48.1. The van der Waals surface area contributed by atoms with Gasteiger partial charge in [0.15, 0.2) is 0 Å². The number of unbranched alkanes of at least 4 members (excludes halogenated alkanes) is 16. The number of hydrogen-bond acceptors (Lipinski definition) is 7. The fourth-order valence-electron chi connectivity index (χ4n) is 5.39. The lowest BCUT2D eigenvalue weighted by Crippen LogP contribution is -2.28. The van der Waals surface area contributed by atoms with Crippen molar-refractivity contribution in [1.82, 2.24) is 0 Å². The van der Waals surface area contributed by atoms with E-state index in [0.717, 1.165) is 70.6 Å². The van der Waals surface area contributed by atoms with Crippen LogP contribution in [0.4, 0.5) is 0 Å². The molecule has 0 bridgehead atoms. The third-order valence-corrected chi connectivity index (χ3v) is 9.40. The Kier molecular flexibility index (Phi) is 39.0. The zero-order chi connectivity index (χ0) is 38.1. The number of allylic oxidation sites excluding steroid dienone is 10. The summed E-state index contributed by atoms with van der Waals surface area (Å²) in [5, 5.41) is 0. The van der Waals surface area contributed by atoms with E-state index in [4.69, 9.17) is 24.3 Å². The summed E-state index contributed by atoms with van der Waals surface area (Å²) in [7, 11) is -4.29. The zero-order valence-electron chi connectivity index (χ0n) is 33.3. The summed E-state index contributed by atoms with van der Waals surface area (Å²) < 4.78 is 33.3. The van der Waals surface area contributed by atoms with E-state index >= 15 is 0 Å². The van der Waals surface area contributed by atoms with Gasteiger partial charge in [-0.25, -0.2) is 4.57 Å². The first-order valence-electron chi connectivity index (χ1n) is 20.8. The first kappa shape index (κ1) is 50.2. The van der Waals surface area contributed by atoms with E-state index in [0.29, 0.717) is 13.0 Å². The molecule has 0 aliphatic heterocycles. The van der Waals surface area contributed by atoms with E-state index in [1.165, 1.54) is 77.0 Å². The molecule has 0 fully saturated rings. The predicted octanol–water partition coefficient (Wildman–Crippen LogP) is 12.2. The Morgan fingerprint density at radius 1 is 0.596 bits per heavy atom. The van der Waals surface area contributed by atoms with E-state index in [1.807, 2.05) is 0 Å². The zero-order valence-corrected chi connectivity index (χ0v) is 34.2. The molecule has 0 spiro atoms. The minimum Gasteiger partial charge on any atom is -0.457 e. The highest BCUT2D eigenvalue weighted by Crippen LogP contribution is 2.43. The van der Waals surface area contributed by atoms with Gasteiger partial charge in [0.2, 0.25) is 0 Å². The molecule has 2 unspecified atom stereocenters. The van der Waals surface area contributed by atoms with Gasteiger partial charge in [0.05, 0.1) is 19.8 Å². The highest BCUT2D eigenvalue weighted by Gasteiger charge is 2.25. The van der Waals surface area contributed by atoms with Crippen molar-refractivity contribution in [3.8, 4) is 0 Å². The Hall–Kier alpha value is -1.80. The summed E-state index contributed by atoms with van der Waals surface area (Å²) in [6.45, 7) is 4.71. The van der Waals surface area contributed by atoms with Gasteiger partial charge in [-0.15, -0.1) is 0 Å². The number of esters is 1. The first-order chi connectivity index (χ1) is 25.4. The van der Waals surface area contributed by atoms with Crippen molar-refractivity contribution < 1.29 is 32.8 Å². The largest absolute Gasteiger partial charge is 0.472 e. The standard InChI is InChI=1S/C43H78NO7P/c1-3-5-7-9-11-13-15-17-19-21-22-24-26-28-30-32-34-36-43(45)51-42(41-50-52(46,47)49-39-37-44)40-48-38-35-33-31-29-27-25-23-20-18-16-14-12-10-8-6-4-2/h6,8,12,14,17-20,25,27,42H,3-5,7,9-11,13,15-16,21-24,26,28-41,44H2,1-2H3,(H,46,47)/b8-6-,14-12-,19-17-,20-18-,27-25-. The molecule has 0 aliphatic rings. The number of carbonyl (C=O) groups is 1. The van der Waals surface area contributed by atoms with Crippen molar-refractivity contribution in [3.05, 3.63) is 60.8 Å². The number of phosphoric acid groups is 1. The van der Waals surface area contributed by atoms with Gasteiger partial charge in [-0.1, -0.05) is 145 Å². The second-order valence-corrected chi connectivity index (χ2v) is 14.9. The van der Waals surface area contributed by atoms with Crippen molar-refractivity contribution in [2.24, 2.45) is 5.73 Å². The summed E-state index contributed by atoms with van der Waals surface area (Å²) >= 11 is 0. The van der Waals surface area contributed by atoms with Gasteiger partial charge in [-0.3, -0.25) is 13.8 Å². The Morgan fingerprint density at radius 2 is 1.08 bits per heavy atom. The molecule has 8 nitrogen and oxygen atoms in total. The Bertz CT molecular complexity index is 979. The van der Waals surface area contributed by atoms with Crippen LogP contribution in [0.2, 0.25) is 0 Å². The molecule has 0 aliphatic carbocycles. The van der Waals surface area contributed by atoms with Gasteiger partial charge in [-0.05, 0) is 77.0 Å². The van der Waals surface area contributed by atoms with Gasteiger partial charge < -0.3 is 20.1 Å². The van der Waals surface area contributed by atoms with Crippen LogP contribution >= 0.6 is 7.82 Å². The van der Waals surface area contributed by atoms with Crippen molar-refractivity contribution in [1.29, 1.82) is 0 Å². The van der Waals surface area contributed by atoms with Gasteiger partial charge >= 0.3 is 13.8 Å². The molecule has 52 heavy (non-hydrogen) atoms. The highest BCUT2D eigenvalue weighted by atomic mass is 31.2. The molecule has 0 amide bonds. The minimum absolute atomic E-state index is 0.0910. The lowest BCUT2D eigenvalue weighted by atomic mass is 10.1. The summed E-state index contributed by atoms with van der Waals surface area (Å²) in [5.41, 5.74) is 5.36. The van der Waals surface area contributed by atoms with E-state index in [9.17, 15) is 14.3 Å². The van der Waals surface area contributed by atoms with Crippen LogP contribution in [0.15, 0.2) is 60.8 Å². The third kappa shape index (κ3) is 39.4. The van der Waals surface area contributed by atoms with E-state index in [-0.39, 0.29) is 32.3 Å². The fraction of sp³-hybridized carbons (Fsp3) is 0.744. The molecule has 0 aromatic heterocycles. The van der Waals surface area contributed by atoms with E-state index < -0.39 is 13.9 Å². The van der Waals surface area contributed by atoms with E-state index in [2.05, 4.69) is 74.6 Å². The number of carbonyl (C=O) groups excluding carboxylic acids is 1. The topological polar surface area (TPSA) is 117 Å². The van der Waals surface area contributed by atoms with Crippen LogP contribution in [-0.4, -0.2) is 49.9 Å². The molecular formula is C43H78NO7P. The van der Waals surface area contributed by atoms with Crippen LogP contribution < -0.4 is 5.73 Å². The SMILES string of the molecule is CC/C=C\C/C=C\C/C=C\C/C=C\CCCCCOCC(COP(=O)(O)OCCN)OC(=O)CCCCCCCCC/C=C\CCCCCCCC. The molecule has 9 heteroatoms. The van der Waals surface area contributed by atoms with Gasteiger partial charge in [0, 0.05) is 19.6 Å². The van der Waals surface area contributed by atoms with Gasteiger partial charge in [-0.2, -0.15) is 0 Å². The van der Waals surface area contributed by atoms with E-state index in [1.54, 1.807) is 0 Å². The minimum atomic E-state index is -4.29. The number of hydrogen-bond donors (Lipinski definition) is 2. The molecule has 302 valence electrons. The number of phosphoric ester groups is 1. The molecule has 3 N–H and O–H groups in total. The second kappa shape index (κ2) is 40.4.